The van der Waals surface area contributed by atoms with Gasteiger partial charge in [-0.3, -0.25) is 0 Å². The predicted molar refractivity (Wildman–Crippen MR) is 99.8 cm³/mol. The second-order valence-corrected chi connectivity index (χ2v) is 8.32. The molecule has 0 aliphatic carbocycles. The molecule has 194 valence electrons. The largest absolute Gasteiger partial charge is 0.394 e. The number of aliphatic hydroxyl groups is 10. The summed E-state index contributed by atoms with van der Waals surface area (Å²) in [7, 11) is 0. The molecular formula is C18H32O15. The summed E-state index contributed by atoms with van der Waals surface area (Å²) in [6.07, 6.45) is -23.9. The van der Waals surface area contributed by atoms with Gasteiger partial charge < -0.3 is 74.7 Å². The quantitative estimate of drug-likeness (QED) is 0.167. The van der Waals surface area contributed by atoms with Gasteiger partial charge >= 0.3 is 0 Å². The fourth-order valence-electron chi connectivity index (χ4n) is 4.02. The molecule has 33 heavy (non-hydrogen) atoms. The molecule has 3 saturated heterocycles. The first-order chi connectivity index (χ1) is 15.5. The Kier molecular flexibility index (Phi) is 8.99. The Morgan fingerprint density at radius 3 is 1.39 bits per heavy atom. The van der Waals surface area contributed by atoms with Crippen molar-refractivity contribution >= 4 is 0 Å². The monoisotopic (exact) mass is 488 g/mol. The standard InChI is InChI=1S/C18H32O15/c1-4-14(32-17-11(25)9(23)7(21)5(2-19)30-17)15(13(27)16(28)29-4)33-18-12(26)10(24)8(22)6(3-20)31-18/h4-28H,2-3H2,1H3/t4-,5+,6+,7+,8+,9-,10-,11-,12+,13+,14-,15-,16+,17+,18-/m0/s1. The molecule has 3 rings (SSSR count). The average molecular weight is 488 g/mol. The third kappa shape index (κ3) is 5.32. The molecule has 0 amide bonds. The number of hydrogen-bond acceptors (Lipinski definition) is 15. The summed E-state index contributed by atoms with van der Waals surface area (Å²) < 4.78 is 27.0. The smallest absolute Gasteiger partial charge is 0.187 e. The highest BCUT2D eigenvalue weighted by Gasteiger charge is 2.53. The van der Waals surface area contributed by atoms with Crippen molar-refractivity contribution in [3.63, 3.8) is 0 Å². The van der Waals surface area contributed by atoms with Crippen molar-refractivity contribution in [2.24, 2.45) is 0 Å². The third-order valence-corrected chi connectivity index (χ3v) is 6.05. The van der Waals surface area contributed by atoms with Crippen molar-refractivity contribution in [3.8, 4) is 0 Å². The number of rotatable bonds is 6. The van der Waals surface area contributed by atoms with Crippen LogP contribution in [0.2, 0.25) is 0 Å². The van der Waals surface area contributed by atoms with Gasteiger partial charge in [0.1, 0.15) is 67.1 Å². The minimum absolute atomic E-state index is 0.715. The molecule has 0 aromatic carbocycles. The Morgan fingerprint density at radius 2 is 0.970 bits per heavy atom. The maximum Gasteiger partial charge on any atom is 0.187 e. The molecule has 0 radical (unpaired) electrons. The summed E-state index contributed by atoms with van der Waals surface area (Å²) >= 11 is 0. The molecule has 3 aliphatic heterocycles. The van der Waals surface area contributed by atoms with Crippen molar-refractivity contribution in [3.05, 3.63) is 0 Å². The fraction of sp³-hybridized carbons (Fsp3) is 1.00. The summed E-state index contributed by atoms with van der Waals surface area (Å²) in [6.45, 7) is -0.0357. The van der Waals surface area contributed by atoms with E-state index in [0.29, 0.717) is 0 Å². The third-order valence-electron chi connectivity index (χ3n) is 6.05. The van der Waals surface area contributed by atoms with Gasteiger partial charge in [0.2, 0.25) is 0 Å². The molecule has 0 aromatic rings. The second kappa shape index (κ2) is 11.0. The van der Waals surface area contributed by atoms with Gasteiger partial charge in [-0.1, -0.05) is 0 Å². The molecule has 3 heterocycles. The van der Waals surface area contributed by atoms with Crippen LogP contribution in [0.25, 0.3) is 0 Å². The van der Waals surface area contributed by atoms with Crippen LogP contribution in [0, 0.1) is 0 Å². The van der Waals surface area contributed by atoms with E-state index >= 15 is 0 Å². The van der Waals surface area contributed by atoms with E-state index in [2.05, 4.69) is 0 Å². The lowest BCUT2D eigenvalue weighted by Crippen LogP contribution is -2.66. The van der Waals surface area contributed by atoms with Crippen LogP contribution >= 0.6 is 0 Å². The van der Waals surface area contributed by atoms with Crippen molar-refractivity contribution in [1.29, 1.82) is 0 Å². The number of ether oxygens (including phenoxy) is 5. The zero-order valence-electron chi connectivity index (χ0n) is 17.6. The molecule has 0 unspecified atom stereocenters. The molecule has 3 fully saturated rings. The van der Waals surface area contributed by atoms with Crippen molar-refractivity contribution in [2.75, 3.05) is 13.2 Å². The van der Waals surface area contributed by atoms with Crippen LogP contribution in [-0.2, 0) is 23.7 Å². The molecule has 3 aliphatic rings. The maximum absolute atomic E-state index is 10.5. The zero-order chi connectivity index (χ0) is 24.6. The predicted octanol–water partition coefficient (Wildman–Crippen LogP) is -6.55. The lowest BCUT2D eigenvalue weighted by Gasteiger charge is -2.48. The summed E-state index contributed by atoms with van der Waals surface area (Å²) in [6, 6.07) is 0. The normalized spacial score (nSPS) is 53.7. The van der Waals surface area contributed by atoms with E-state index in [-0.39, 0.29) is 0 Å². The van der Waals surface area contributed by atoms with E-state index in [4.69, 9.17) is 23.7 Å². The highest BCUT2D eigenvalue weighted by molar-refractivity contribution is 4.95. The molecule has 15 nitrogen and oxygen atoms in total. The summed E-state index contributed by atoms with van der Waals surface area (Å²) in [5.74, 6) is 0. The first kappa shape index (κ1) is 27.0. The van der Waals surface area contributed by atoms with Crippen LogP contribution in [0.4, 0.5) is 0 Å². The van der Waals surface area contributed by atoms with Crippen molar-refractivity contribution in [2.45, 2.75) is 99.0 Å². The van der Waals surface area contributed by atoms with E-state index in [1.54, 1.807) is 0 Å². The van der Waals surface area contributed by atoms with Crippen LogP contribution in [0.5, 0.6) is 0 Å². The zero-order valence-corrected chi connectivity index (χ0v) is 17.6. The second-order valence-electron chi connectivity index (χ2n) is 8.32. The summed E-state index contributed by atoms with van der Waals surface area (Å²) in [5.41, 5.74) is 0. The Balaban J connectivity index is 1.80. The number of aliphatic hydroxyl groups excluding tert-OH is 10. The van der Waals surface area contributed by atoms with E-state index in [9.17, 15) is 51.1 Å². The number of hydrogen-bond donors (Lipinski definition) is 10. The summed E-state index contributed by atoms with van der Waals surface area (Å²) in [4.78, 5) is 0. The van der Waals surface area contributed by atoms with Gasteiger partial charge in [0.05, 0.1) is 19.3 Å². The first-order valence-corrected chi connectivity index (χ1v) is 10.4. The molecule has 0 saturated carbocycles. The van der Waals surface area contributed by atoms with E-state index in [1.165, 1.54) is 6.92 Å². The van der Waals surface area contributed by atoms with Crippen LogP contribution in [0.3, 0.4) is 0 Å². The Morgan fingerprint density at radius 1 is 0.545 bits per heavy atom. The molecule has 0 aromatic heterocycles. The lowest BCUT2D eigenvalue weighted by molar-refractivity contribution is -0.380. The Hall–Kier alpha value is -0.600. The highest BCUT2D eigenvalue weighted by atomic mass is 16.8. The molecule has 0 spiro atoms. The Labute approximate surface area is 187 Å². The summed E-state index contributed by atoms with van der Waals surface area (Å²) in [5, 5.41) is 99.4. The topological polar surface area (TPSA) is 248 Å². The van der Waals surface area contributed by atoms with Crippen LogP contribution in [-0.4, -0.2) is 156 Å². The molecule has 0 bridgehead atoms. The molecule has 15 atom stereocenters. The highest BCUT2D eigenvalue weighted by Crippen LogP contribution is 2.32. The SMILES string of the molecule is C[C@@H]1O[C@@H](O)[C@H](O)[C@H](O[C@@H]2O[C@H](CO)[C@@H](O)[C@H](O)[C@H]2O)[C@H]1O[C@H]1O[C@H](CO)[C@@H](O)[C@H](O)[C@@H]1O. The van der Waals surface area contributed by atoms with E-state index in [0.717, 1.165) is 0 Å². The van der Waals surface area contributed by atoms with Gasteiger partial charge in [0, 0.05) is 0 Å². The molecule has 10 N–H and O–H groups in total. The van der Waals surface area contributed by atoms with Crippen LogP contribution in [0.1, 0.15) is 6.92 Å². The Bertz CT molecular complexity index is 622. The first-order valence-electron chi connectivity index (χ1n) is 10.4. The van der Waals surface area contributed by atoms with Gasteiger partial charge in [0.25, 0.3) is 0 Å². The van der Waals surface area contributed by atoms with Gasteiger partial charge in [0.15, 0.2) is 18.9 Å². The van der Waals surface area contributed by atoms with Gasteiger partial charge in [-0.25, -0.2) is 0 Å². The van der Waals surface area contributed by atoms with Crippen molar-refractivity contribution < 1.29 is 74.7 Å². The van der Waals surface area contributed by atoms with E-state index in [1.807, 2.05) is 0 Å². The van der Waals surface area contributed by atoms with Gasteiger partial charge in [-0.15, -0.1) is 0 Å². The van der Waals surface area contributed by atoms with Gasteiger partial charge in [-0.05, 0) is 6.92 Å². The van der Waals surface area contributed by atoms with Crippen LogP contribution < -0.4 is 0 Å². The lowest BCUT2D eigenvalue weighted by atomic mass is 9.96. The fourth-order valence-corrected chi connectivity index (χ4v) is 4.02. The maximum atomic E-state index is 10.5. The molecular weight excluding hydrogens is 456 g/mol. The minimum Gasteiger partial charge on any atom is -0.394 e. The average Bonchev–Trinajstić information content (AvgIpc) is 2.79. The van der Waals surface area contributed by atoms with Crippen LogP contribution in [0.15, 0.2) is 0 Å². The van der Waals surface area contributed by atoms with Gasteiger partial charge in [-0.2, -0.15) is 0 Å². The minimum atomic E-state index is -1.82. The van der Waals surface area contributed by atoms with E-state index < -0.39 is 105 Å². The van der Waals surface area contributed by atoms with Crippen molar-refractivity contribution in [1.82, 2.24) is 0 Å². The molecule has 15 heteroatoms.